The van der Waals surface area contributed by atoms with Crippen LogP contribution >= 0.6 is 0 Å². The van der Waals surface area contributed by atoms with E-state index in [1.165, 1.54) is 0 Å². The molecule has 1 aliphatic heterocycles. The molecule has 1 saturated heterocycles. The van der Waals surface area contributed by atoms with Gasteiger partial charge in [0.2, 0.25) is 5.91 Å². The van der Waals surface area contributed by atoms with Crippen LogP contribution in [0, 0.1) is 0 Å². The predicted octanol–water partition coefficient (Wildman–Crippen LogP) is 0.564. The van der Waals surface area contributed by atoms with Crippen LogP contribution in [-0.4, -0.2) is 41.8 Å². The average molecular weight is 212 g/mol. The molecule has 1 N–H and O–H groups in total. The maximum absolute atomic E-state index is 11.8. The molecule has 1 atom stereocenters. The van der Waals surface area contributed by atoms with E-state index in [1.807, 2.05) is 13.8 Å². The van der Waals surface area contributed by atoms with Gasteiger partial charge in [-0.2, -0.15) is 0 Å². The second kappa shape index (κ2) is 5.26. The molecular weight excluding hydrogens is 192 g/mol. The van der Waals surface area contributed by atoms with Gasteiger partial charge in [-0.05, 0) is 19.8 Å². The first-order chi connectivity index (χ1) is 7.02. The van der Waals surface area contributed by atoms with Gasteiger partial charge in [0.15, 0.2) is 5.78 Å². The fourth-order valence-electron chi connectivity index (χ4n) is 1.88. The van der Waals surface area contributed by atoms with Gasteiger partial charge in [0.25, 0.3) is 0 Å². The number of rotatable bonds is 4. The summed E-state index contributed by atoms with van der Waals surface area (Å²) in [5.74, 6) is 0.145. The molecule has 86 valence electrons. The smallest absolute Gasteiger partial charge is 0.237 e. The van der Waals surface area contributed by atoms with Crippen molar-refractivity contribution < 1.29 is 9.59 Å². The van der Waals surface area contributed by atoms with E-state index in [-0.39, 0.29) is 17.7 Å². The van der Waals surface area contributed by atoms with Gasteiger partial charge >= 0.3 is 0 Å². The van der Waals surface area contributed by atoms with Crippen molar-refractivity contribution in [2.75, 3.05) is 13.1 Å². The highest BCUT2D eigenvalue weighted by Gasteiger charge is 2.31. The summed E-state index contributed by atoms with van der Waals surface area (Å²) >= 11 is 0. The molecule has 1 amide bonds. The van der Waals surface area contributed by atoms with Gasteiger partial charge in [-0.25, -0.2) is 0 Å². The van der Waals surface area contributed by atoms with Gasteiger partial charge in [0.1, 0.15) is 0 Å². The molecule has 4 heteroatoms. The van der Waals surface area contributed by atoms with E-state index in [4.69, 9.17) is 0 Å². The lowest BCUT2D eigenvalue weighted by Crippen LogP contribution is -2.44. The number of nitrogens with one attached hydrogen (secondary N) is 1. The van der Waals surface area contributed by atoms with E-state index in [0.29, 0.717) is 12.6 Å². The van der Waals surface area contributed by atoms with Crippen LogP contribution in [0.15, 0.2) is 0 Å². The van der Waals surface area contributed by atoms with E-state index >= 15 is 0 Å². The van der Waals surface area contributed by atoms with Crippen molar-refractivity contribution in [2.45, 2.75) is 45.7 Å². The summed E-state index contributed by atoms with van der Waals surface area (Å²) in [5, 5.41) is 3.08. The van der Waals surface area contributed by atoms with Gasteiger partial charge in [-0.15, -0.1) is 0 Å². The van der Waals surface area contributed by atoms with Crippen LogP contribution in [0.3, 0.4) is 0 Å². The van der Waals surface area contributed by atoms with Crippen LogP contribution in [0.2, 0.25) is 0 Å². The Balaban J connectivity index is 2.47. The fourth-order valence-corrected chi connectivity index (χ4v) is 1.88. The molecule has 0 unspecified atom stereocenters. The number of Topliss-reactive ketones (excluding diaryl/α,β-unsaturated/α-hetero) is 1. The molecule has 0 radical (unpaired) electrons. The zero-order chi connectivity index (χ0) is 11.4. The minimum absolute atomic E-state index is 0.0430. The Kier molecular flexibility index (Phi) is 4.27. The van der Waals surface area contributed by atoms with E-state index in [2.05, 4.69) is 5.32 Å². The van der Waals surface area contributed by atoms with Crippen molar-refractivity contribution in [1.82, 2.24) is 10.2 Å². The average Bonchev–Trinajstić information content (AvgIpc) is 2.62. The maximum Gasteiger partial charge on any atom is 0.237 e. The summed E-state index contributed by atoms with van der Waals surface area (Å²) in [7, 11) is 0. The van der Waals surface area contributed by atoms with Crippen molar-refractivity contribution in [3.63, 3.8) is 0 Å². The Bertz CT molecular complexity index is 251. The number of amides is 1. The third kappa shape index (κ3) is 3.30. The standard InChI is InChI=1S/C11H20N2O2/c1-8(2)12-7-11(15)13-6-4-5-10(13)9(3)14/h8,10,12H,4-7H2,1-3H3/t10-/m1/s1. The SMILES string of the molecule is CC(=O)[C@H]1CCCN1C(=O)CNC(C)C. The molecule has 0 aromatic rings. The Morgan fingerprint density at radius 3 is 2.67 bits per heavy atom. The van der Waals surface area contributed by atoms with Gasteiger partial charge in [0.05, 0.1) is 12.6 Å². The summed E-state index contributed by atoms with van der Waals surface area (Å²) in [6.07, 6.45) is 1.76. The molecule has 15 heavy (non-hydrogen) atoms. The van der Waals surface area contributed by atoms with Crippen LogP contribution in [0.4, 0.5) is 0 Å². The summed E-state index contributed by atoms with van der Waals surface area (Å²) in [4.78, 5) is 24.8. The normalized spacial score (nSPS) is 21.1. The summed E-state index contributed by atoms with van der Waals surface area (Å²) in [5.41, 5.74) is 0. The lowest BCUT2D eigenvalue weighted by atomic mass is 10.1. The molecule has 0 spiro atoms. The molecule has 4 nitrogen and oxygen atoms in total. The minimum Gasteiger partial charge on any atom is -0.332 e. The van der Waals surface area contributed by atoms with E-state index in [9.17, 15) is 9.59 Å². The van der Waals surface area contributed by atoms with Gasteiger partial charge in [0, 0.05) is 12.6 Å². The molecule has 1 heterocycles. The van der Waals surface area contributed by atoms with Crippen molar-refractivity contribution in [3.8, 4) is 0 Å². The Morgan fingerprint density at radius 2 is 2.13 bits per heavy atom. The first-order valence-electron chi connectivity index (χ1n) is 5.55. The molecular formula is C11H20N2O2. The third-order valence-corrected chi connectivity index (χ3v) is 2.70. The molecule has 0 aromatic heterocycles. The summed E-state index contributed by atoms with van der Waals surface area (Å²) in [6, 6.07) is 0.124. The number of nitrogens with zero attached hydrogens (tertiary/aromatic N) is 1. The highest BCUT2D eigenvalue weighted by Crippen LogP contribution is 2.17. The van der Waals surface area contributed by atoms with Crippen LogP contribution in [-0.2, 0) is 9.59 Å². The van der Waals surface area contributed by atoms with Crippen molar-refractivity contribution in [1.29, 1.82) is 0 Å². The van der Waals surface area contributed by atoms with E-state index in [0.717, 1.165) is 19.4 Å². The topological polar surface area (TPSA) is 49.4 Å². The molecule has 1 fully saturated rings. The quantitative estimate of drug-likeness (QED) is 0.741. The fraction of sp³-hybridized carbons (Fsp3) is 0.818. The molecule has 0 bridgehead atoms. The molecule has 0 aliphatic carbocycles. The summed E-state index contributed by atoms with van der Waals surface area (Å²) in [6.45, 7) is 6.62. The van der Waals surface area contributed by atoms with E-state index < -0.39 is 0 Å². The van der Waals surface area contributed by atoms with Crippen LogP contribution in [0.25, 0.3) is 0 Å². The Morgan fingerprint density at radius 1 is 1.47 bits per heavy atom. The zero-order valence-electron chi connectivity index (χ0n) is 9.75. The second-order valence-corrected chi connectivity index (χ2v) is 4.39. The zero-order valence-corrected chi connectivity index (χ0v) is 9.75. The number of hydrogen-bond donors (Lipinski definition) is 1. The number of likely N-dealkylation sites (tertiary alicyclic amines) is 1. The third-order valence-electron chi connectivity index (χ3n) is 2.70. The van der Waals surface area contributed by atoms with Crippen LogP contribution in [0.1, 0.15) is 33.6 Å². The highest BCUT2D eigenvalue weighted by atomic mass is 16.2. The second-order valence-electron chi connectivity index (χ2n) is 4.39. The lowest BCUT2D eigenvalue weighted by molar-refractivity contribution is -0.136. The lowest BCUT2D eigenvalue weighted by Gasteiger charge is -2.23. The largest absolute Gasteiger partial charge is 0.332 e. The minimum atomic E-state index is -0.175. The van der Waals surface area contributed by atoms with Gasteiger partial charge in [-0.1, -0.05) is 13.8 Å². The molecule has 1 rings (SSSR count). The molecule has 1 aliphatic rings. The van der Waals surface area contributed by atoms with Gasteiger partial charge in [-0.3, -0.25) is 9.59 Å². The predicted molar refractivity (Wildman–Crippen MR) is 58.6 cm³/mol. The van der Waals surface area contributed by atoms with Crippen molar-refractivity contribution in [3.05, 3.63) is 0 Å². The Labute approximate surface area is 91.0 Å². The monoisotopic (exact) mass is 212 g/mol. The van der Waals surface area contributed by atoms with Crippen molar-refractivity contribution in [2.24, 2.45) is 0 Å². The van der Waals surface area contributed by atoms with E-state index in [1.54, 1.807) is 11.8 Å². The number of hydrogen-bond acceptors (Lipinski definition) is 3. The Hall–Kier alpha value is -0.900. The van der Waals surface area contributed by atoms with Crippen LogP contribution in [0.5, 0.6) is 0 Å². The molecule has 0 saturated carbocycles. The summed E-state index contributed by atoms with van der Waals surface area (Å²) < 4.78 is 0. The maximum atomic E-state index is 11.8. The highest BCUT2D eigenvalue weighted by molar-refractivity contribution is 5.88. The number of ketones is 1. The van der Waals surface area contributed by atoms with Crippen molar-refractivity contribution >= 4 is 11.7 Å². The molecule has 0 aromatic carbocycles. The first kappa shape index (κ1) is 12.2. The first-order valence-corrected chi connectivity index (χ1v) is 5.55. The number of carbonyl (C=O) groups excluding carboxylic acids is 2. The number of carbonyl (C=O) groups is 2. The van der Waals surface area contributed by atoms with Gasteiger partial charge < -0.3 is 10.2 Å². The van der Waals surface area contributed by atoms with Crippen LogP contribution < -0.4 is 5.32 Å².